The van der Waals surface area contributed by atoms with Crippen molar-refractivity contribution in [1.82, 2.24) is 15.3 Å². The van der Waals surface area contributed by atoms with Crippen molar-refractivity contribution >= 4 is 32.7 Å². The summed E-state index contributed by atoms with van der Waals surface area (Å²) in [5.74, 6) is -0.632. The monoisotopic (exact) mass is 371 g/mol. The number of hydrogen-bond acceptors (Lipinski definition) is 4. The predicted octanol–water partition coefficient (Wildman–Crippen LogP) is 3.07. The van der Waals surface area contributed by atoms with E-state index in [1.807, 2.05) is 30.3 Å². The van der Waals surface area contributed by atoms with Gasteiger partial charge in [-0.1, -0.05) is 30.3 Å². The Hall–Kier alpha value is -2.47. The average molecular weight is 372 g/mol. The van der Waals surface area contributed by atoms with Crippen LogP contribution in [0.5, 0.6) is 5.75 Å². The summed E-state index contributed by atoms with van der Waals surface area (Å²) in [6.07, 6.45) is 2.27. The minimum atomic E-state index is -0.424. The number of aromatic nitrogens is 2. The summed E-state index contributed by atoms with van der Waals surface area (Å²) in [6, 6.07) is 13.4. The van der Waals surface area contributed by atoms with Crippen molar-refractivity contribution in [1.29, 1.82) is 0 Å². The molecule has 2 aromatic heterocycles. The van der Waals surface area contributed by atoms with Crippen molar-refractivity contribution < 1.29 is 9.90 Å². The number of fused-ring (bicyclic) bond motifs is 1. The molecule has 116 valence electrons. The summed E-state index contributed by atoms with van der Waals surface area (Å²) in [6.45, 7) is 0.460. The molecule has 1 aromatic carbocycles. The molecule has 0 fully saturated rings. The first kappa shape index (κ1) is 15.4. The molecule has 0 aliphatic rings. The van der Waals surface area contributed by atoms with Crippen LogP contribution in [-0.4, -0.2) is 27.5 Å². The van der Waals surface area contributed by atoms with Gasteiger partial charge in [-0.25, -0.2) is 4.98 Å². The summed E-state index contributed by atoms with van der Waals surface area (Å²) in [7, 11) is 0. The van der Waals surface area contributed by atoms with Crippen molar-refractivity contribution in [3.8, 4) is 5.75 Å². The SMILES string of the molecule is O=C(NCCc1ccccc1)c1nc(Br)c2cccnc2c1O. The number of nitrogens with one attached hydrogen (secondary N) is 1. The van der Waals surface area contributed by atoms with Crippen LogP contribution in [0, 0.1) is 0 Å². The molecular weight excluding hydrogens is 358 g/mol. The van der Waals surface area contributed by atoms with Crippen LogP contribution in [-0.2, 0) is 6.42 Å². The van der Waals surface area contributed by atoms with E-state index in [2.05, 4.69) is 31.2 Å². The van der Waals surface area contributed by atoms with Crippen molar-refractivity contribution in [3.05, 3.63) is 64.5 Å². The Balaban J connectivity index is 1.77. The van der Waals surface area contributed by atoms with Gasteiger partial charge in [0.1, 0.15) is 10.1 Å². The summed E-state index contributed by atoms with van der Waals surface area (Å²) in [5.41, 5.74) is 1.45. The molecule has 5 nitrogen and oxygen atoms in total. The zero-order valence-electron chi connectivity index (χ0n) is 12.2. The molecule has 0 saturated carbocycles. The van der Waals surface area contributed by atoms with Crippen LogP contribution in [0.4, 0.5) is 0 Å². The normalized spacial score (nSPS) is 10.7. The number of nitrogens with zero attached hydrogens (tertiary/aromatic N) is 2. The largest absolute Gasteiger partial charge is 0.504 e. The first-order valence-electron chi connectivity index (χ1n) is 7.12. The Kier molecular flexibility index (Phi) is 4.52. The van der Waals surface area contributed by atoms with Crippen LogP contribution >= 0.6 is 15.9 Å². The molecule has 0 unspecified atom stereocenters. The molecule has 0 aliphatic heterocycles. The average Bonchev–Trinajstić information content (AvgIpc) is 2.59. The second-order valence-electron chi connectivity index (χ2n) is 4.99. The summed E-state index contributed by atoms with van der Waals surface area (Å²) < 4.78 is 0.478. The van der Waals surface area contributed by atoms with E-state index >= 15 is 0 Å². The highest BCUT2D eigenvalue weighted by atomic mass is 79.9. The molecule has 6 heteroatoms. The number of carbonyl (C=O) groups excluding carboxylic acids is 1. The lowest BCUT2D eigenvalue weighted by molar-refractivity contribution is 0.0946. The summed E-state index contributed by atoms with van der Waals surface area (Å²) in [5, 5.41) is 13.7. The highest BCUT2D eigenvalue weighted by Crippen LogP contribution is 2.30. The zero-order valence-corrected chi connectivity index (χ0v) is 13.7. The van der Waals surface area contributed by atoms with E-state index in [-0.39, 0.29) is 11.4 Å². The quantitative estimate of drug-likeness (QED) is 0.691. The minimum absolute atomic E-state index is 0.0314. The maximum absolute atomic E-state index is 12.3. The number of amides is 1. The Morgan fingerprint density at radius 2 is 1.96 bits per heavy atom. The molecule has 3 rings (SSSR count). The Labute approximate surface area is 141 Å². The lowest BCUT2D eigenvalue weighted by Crippen LogP contribution is -2.26. The fourth-order valence-electron chi connectivity index (χ4n) is 2.29. The van der Waals surface area contributed by atoms with E-state index in [9.17, 15) is 9.90 Å². The van der Waals surface area contributed by atoms with Crippen LogP contribution in [0.2, 0.25) is 0 Å². The van der Waals surface area contributed by atoms with Gasteiger partial charge in [-0.2, -0.15) is 0 Å². The predicted molar refractivity (Wildman–Crippen MR) is 91.4 cm³/mol. The van der Waals surface area contributed by atoms with Crippen LogP contribution in [0.25, 0.3) is 10.9 Å². The van der Waals surface area contributed by atoms with Gasteiger partial charge >= 0.3 is 0 Å². The standard InChI is InChI=1S/C17H14BrN3O2/c18-16-12-7-4-9-19-13(12)15(22)14(21-16)17(23)20-10-8-11-5-2-1-3-6-11/h1-7,9,22H,8,10H2,(H,20,23). The minimum Gasteiger partial charge on any atom is -0.504 e. The van der Waals surface area contributed by atoms with Gasteiger partial charge in [0.05, 0.1) is 0 Å². The smallest absolute Gasteiger partial charge is 0.273 e. The first-order chi connectivity index (χ1) is 11.2. The number of rotatable bonds is 4. The molecule has 0 saturated heterocycles. The van der Waals surface area contributed by atoms with Crippen LogP contribution < -0.4 is 5.32 Å². The molecular formula is C17H14BrN3O2. The van der Waals surface area contributed by atoms with E-state index in [0.29, 0.717) is 28.5 Å². The van der Waals surface area contributed by atoms with Gasteiger partial charge in [0.2, 0.25) is 0 Å². The fourth-order valence-corrected chi connectivity index (χ4v) is 2.79. The molecule has 0 atom stereocenters. The molecule has 0 radical (unpaired) electrons. The van der Waals surface area contributed by atoms with Gasteiger partial charge in [-0.15, -0.1) is 0 Å². The van der Waals surface area contributed by atoms with Gasteiger partial charge in [-0.05, 0) is 40.0 Å². The highest BCUT2D eigenvalue weighted by molar-refractivity contribution is 9.10. The third-order valence-corrected chi connectivity index (χ3v) is 4.05. The van der Waals surface area contributed by atoms with Gasteiger partial charge < -0.3 is 10.4 Å². The maximum atomic E-state index is 12.3. The Morgan fingerprint density at radius 3 is 2.74 bits per heavy atom. The van der Waals surface area contributed by atoms with Crippen LogP contribution in [0.1, 0.15) is 16.1 Å². The topological polar surface area (TPSA) is 75.1 Å². The van der Waals surface area contributed by atoms with Gasteiger partial charge in [0, 0.05) is 18.1 Å². The molecule has 0 aliphatic carbocycles. The lowest BCUT2D eigenvalue weighted by Gasteiger charge is -2.09. The van der Waals surface area contributed by atoms with Gasteiger partial charge in [0.25, 0.3) is 5.91 Å². The van der Waals surface area contributed by atoms with E-state index in [1.165, 1.54) is 0 Å². The third kappa shape index (κ3) is 3.32. The molecule has 23 heavy (non-hydrogen) atoms. The van der Waals surface area contributed by atoms with E-state index in [1.54, 1.807) is 18.3 Å². The number of pyridine rings is 2. The molecule has 2 N–H and O–H groups in total. The van der Waals surface area contributed by atoms with E-state index in [0.717, 1.165) is 5.56 Å². The van der Waals surface area contributed by atoms with Crippen molar-refractivity contribution in [2.45, 2.75) is 6.42 Å². The van der Waals surface area contributed by atoms with Crippen molar-refractivity contribution in [2.24, 2.45) is 0 Å². The Bertz CT molecular complexity index is 853. The van der Waals surface area contributed by atoms with Crippen LogP contribution in [0.15, 0.2) is 53.3 Å². The molecule has 0 spiro atoms. The fraction of sp³-hybridized carbons (Fsp3) is 0.118. The number of aromatic hydroxyl groups is 1. The number of halogens is 1. The highest BCUT2D eigenvalue weighted by Gasteiger charge is 2.18. The summed E-state index contributed by atoms with van der Waals surface area (Å²) in [4.78, 5) is 20.5. The molecule has 1 amide bonds. The number of hydrogen-bond donors (Lipinski definition) is 2. The van der Waals surface area contributed by atoms with Gasteiger partial charge in [0.15, 0.2) is 11.4 Å². The zero-order chi connectivity index (χ0) is 16.2. The molecule has 0 bridgehead atoms. The lowest BCUT2D eigenvalue weighted by atomic mass is 10.1. The van der Waals surface area contributed by atoms with E-state index in [4.69, 9.17) is 0 Å². The van der Waals surface area contributed by atoms with E-state index < -0.39 is 5.91 Å². The second kappa shape index (κ2) is 6.75. The van der Waals surface area contributed by atoms with Crippen molar-refractivity contribution in [2.75, 3.05) is 6.54 Å². The van der Waals surface area contributed by atoms with Crippen LogP contribution in [0.3, 0.4) is 0 Å². The molecule has 3 aromatic rings. The van der Waals surface area contributed by atoms with Gasteiger partial charge in [-0.3, -0.25) is 9.78 Å². The maximum Gasteiger partial charge on any atom is 0.273 e. The molecule has 2 heterocycles. The first-order valence-corrected chi connectivity index (χ1v) is 7.91. The van der Waals surface area contributed by atoms with Crippen molar-refractivity contribution in [3.63, 3.8) is 0 Å². The summed E-state index contributed by atoms with van der Waals surface area (Å²) >= 11 is 3.31. The number of carbonyl (C=O) groups is 1. The second-order valence-corrected chi connectivity index (χ2v) is 5.74. The third-order valence-electron chi connectivity index (χ3n) is 3.45. The number of benzene rings is 1. The Morgan fingerprint density at radius 1 is 1.17 bits per heavy atom.